The van der Waals surface area contributed by atoms with Gasteiger partial charge in [-0.15, -0.1) is 0 Å². The van der Waals surface area contributed by atoms with E-state index in [1.807, 2.05) is 56.3 Å². The standard InChI is InChI=1S/C18H29N3O3/c1-18(23,13-21(2)3)12-19-15-9-16(10-15)20-17(22)24-11-14-7-5-4-6-8-14/h4-8,15-16,19,23H,9-13H2,1-3H3,(H,20,22). The van der Waals surface area contributed by atoms with Gasteiger partial charge in [0.05, 0.1) is 5.60 Å². The zero-order chi connectivity index (χ0) is 17.6. The van der Waals surface area contributed by atoms with Crippen LogP contribution in [0, 0.1) is 0 Å². The molecule has 134 valence electrons. The summed E-state index contributed by atoms with van der Waals surface area (Å²) < 4.78 is 5.21. The highest BCUT2D eigenvalue weighted by Crippen LogP contribution is 2.20. The van der Waals surface area contributed by atoms with Crippen LogP contribution in [-0.4, -0.2) is 61.0 Å². The smallest absolute Gasteiger partial charge is 0.407 e. The monoisotopic (exact) mass is 335 g/mol. The Morgan fingerprint density at radius 3 is 2.58 bits per heavy atom. The quantitative estimate of drug-likeness (QED) is 0.669. The topological polar surface area (TPSA) is 73.8 Å². The minimum Gasteiger partial charge on any atom is -0.445 e. The van der Waals surface area contributed by atoms with Crippen molar-refractivity contribution in [1.82, 2.24) is 15.5 Å². The summed E-state index contributed by atoms with van der Waals surface area (Å²) in [7, 11) is 3.89. The number of carbonyl (C=O) groups is 1. The van der Waals surface area contributed by atoms with Crippen molar-refractivity contribution in [1.29, 1.82) is 0 Å². The van der Waals surface area contributed by atoms with Crippen LogP contribution in [0.25, 0.3) is 0 Å². The lowest BCUT2D eigenvalue weighted by atomic mass is 9.86. The number of likely N-dealkylation sites (N-methyl/N-ethyl adjacent to an activating group) is 1. The van der Waals surface area contributed by atoms with E-state index in [1.165, 1.54) is 0 Å². The largest absolute Gasteiger partial charge is 0.445 e. The van der Waals surface area contributed by atoms with E-state index in [1.54, 1.807) is 0 Å². The summed E-state index contributed by atoms with van der Waals surface area (Å²) in [4.78, 5) is 13.7. The van der Waals surface area contributed by atoms with Gasteiger partial charge < -0.3 is 25.4 Å². The van der Waals surface area contributed by atoms with E-state index in [9.17, 15) is 9.90 Å². The van der Waals surface area contributed by atoms with Gasteiger partial charge in [0, 0.05) is 25.2 Å². The lowest BCUT2D eigenvalue weighted by Gasteiger charge is -2.38. The van der Waals surface area contributed by atoms with Crippen LogP contribution in [0.2, 0.25) is 0 Å². The van der Waals surface area contributed by atoms with Crippen molar-refractivity contribution in [2.75, 3.05) is 27.2 Å². The summed E-state index contributed by atoms with van der Waals surface area (Å²) in [5.41, 5.74) is 0.223. The van der Waals surface area contributed by atoms with Crippen LogP contribution in [0.4, 0.5) is 4.79 Å². The summed E-state index contributed by atoms with van der Waals surface area (Å²) in [5.74, 6) is 0. The number of benzene rings is 1. The fourth-order valence-corrected chi connectivity index (χ4v) is 2.94. The molecule has 1 saturated carbocycles. The lowest BCUT2D eigenvalue weighted by Crippen LogP contribution is -2.56. The molecule has 6 heteroatoms. The second-order valence-corrected chi connectivity index (χ2v) is 7.19. The molecule has 1 fully saturated rings. The first-order valence-electron chi connectivity index (χ1n) is 8.42. The van der Waals surface area contributed by atoms with Gasteiger partial charge in [0.25, 0.3) is 0 Å². The summed E-state index contributed by atoms with van der Waals surface area (Å²) in [6, 6.07) is 10.1. The van der Waals surface area contributed by atoms with Crippen molar-refractivity contribution in [3.63, 3.8) is 0 Å². The molecule has 0 spiro atoms. The average molecular weight is 335 g/mol. The number of ether oxygens (including phenoxy) is 1. The van der Waals surface area contributed by atoms with E-state index in [4.69, 9.17) is 4.74 Å². The molecule has 0 bridgehead atoms. The van der Waals surface area contributed by atoms with E-state index < -0.39 is 5.60 Å². The van der Waals surface area contributed by atoms with Crippen LogP contribution in [0.1, 0.15) is 25.3 Å². The Hall–Kier alpha value is -1.63. The van der Waals surface area contributed by atoms with E-state index in [2.05, 4.69) is 10.6 Å². The molecule has 0 aromatic heterocycles. The Labute approximate surface area is 144 Å². The first kappa shape index (κ1) is 18.7. The Balaban J connectivity index is 1.58. The summed E-state index contributed by atoms with van der Waals surface area (Å²) in [6.07, 6.45) is 1.35. The second kappa shape index (κ2) is 8.46. The molecule has 2 rings (SSSR count). The van der Waals surface area contributed by atoms with Crippen molar-refractivity contribution in [3.8, 4) is 0 Å². The third kappa shape index (κ3) is 6.47. The molecule has 0 saturated heterocycles. The number of hydrogen-bond donors (Lipinski definition) is 3. The molecular formula is C18H29N3O3. The predicted molar refractivity (Wildman–Crippen MR) is 93.8 cm³/mol. The highest BCUT2D eigenvalue weighted by molar-refractivity contribution is 5.67. The van der Waals surface area contributed by atoms with Gasteiger partial charge in [-0.05, 0) is 39.4 Å². The molecule has 0 aliphatic heterocycles. The molecule has 1 amide bonds. The van der Waals surface area contributed by atoms with E-state index in [0.717, 1.165) is 18.4 Å². The molecule has 1 aromatic rings. The zero-order valence-corrected chi connectivity index (χ0v) is 14.8. The number of nitrogens with one attached hydrogen (secondary N) is 2. The number of rotatable bonds is 8. The van der Waals surface area contributed by atoms with Crippen molar-refractivity contribution in [3.05, 3.63) is 35.9 Å². The van der Waals surface area contributed by atoms with Crippen LogP contribution in [-0.2, 0) is 11.3 Å². The maximum absolute atomic E-state index is 11.8. The van der Waals surface area contributed by atoms with Gasteiger partial charge >= 0.3 is 6.09 Å². The fourth-order valence-electron chi connectivity index (χ4n) is 2.94. The highest BCUT2D eigenvalue weighted by Gasteiger charge is 2.32. The van der Waals surface area contributed by atoms with Gasteiger partial charge in [-0.3, -0.25) is 0 Å². The number of alkyl carbamates (subject to hydrolysis) is 1. The van der Waals surface area contributed by atoms with Crippen molar-refractivity contribution in [2.45, 2.75) is 44.1 Å². The number of nitrogens with zero attached hydrogens (tertiary/aromatic N) is 1. The minimum absolute atomic E-state index is 0.143. The molecule has 1 unspecified atom stereocenters. The van der Waals surface area contributed by atoms with E-state index >= 15 is 0 Å². The van der Waals surface area contributed by atoms with Gasteiger partial charge in [-0.1, -0.05) is 30.3 Å². The summed E-state index contributed by atoms with van der Waals surface area (Å²) >= 11 is 0. The third-order valence-electron chi connectivity index (χ3n) is 4.10. The molecule has 6 nitrogen and oxygen atoms in total. The summed E-state index contributed by atoms with van der Waals surface area (Å²) in [5, 5.41) is 16.5. The zero-order valence-electron chi connectivity index (χ0n) is 14.8. The summed E-state index contributed by atoms with van der Waals surface area (Å²) in [6.45, 7) is 3.27. The first-order valence-corrected chi connectivity index (χ1v) is 8.42. The Morgan fingerprint density at radius 2 is 1.96 bits per heavy atom. The van der Waals surface area contributed by atoms with E-state index in [0.29, 0.717) is 19.1 Å². The molecule has 1 aromatic carbocycles. The maximum atomic E-state index is 11.8. The van der Waals surface area contributed by atoms with Crippen LogP contribution in [0.3, 0.4) is 0 Å². The Kier molecular flexibility index (Phi) is 6.60. The van der Waals surface area contributed by atoms with Crippen LogP contribution in [0.5, 0.6) is 0 Å². The number of carbonyl (C=O) groups excluding carboxylic acids is 1. The van der Waals surface area contributed by atoms with Crippen molar-refractivity contribution in [2.24, 2.45) is 0 Å². The Morgan fingerprint density at radius 1 is 1.29 bits per heavy atom. The van der Waals surface area contributed by atoms with Gasteiger partial charge in [-0.25, -0.2) is 4.79 Å². The predicted octanol–water partition coefficient (Wildman–Crippen LogP) is 1.35. The normalized spacial score (nSPS) is 22.5. The van der Waals surface area contributed by atoms with Gasteiger partial charge in [0.15, 0.2) is 0 Å². The second-order valence-electron chi connectivity index (χ2n) is 7.19. The number of amides is 1. The SMILES string of the molecule is CN(C)CC(C)(O)CNC1CC(NC(=O)OCc2ccccc2)C1. The van der Waals surface area contributed by atoms with Crippen LogP contribution >= 0.6 is 0 Å². The molecule has 24 heavy (non-hydrogen) atoms. The van der Waals surface area contributed by atoms with Crippen LogP contribution in [0.15, 0.2) is 30.3 Å². The fraction of sp³-hybridized carbons (Fsp3) is 0.611. The molecule has 1 aliphatic rings. The van der Waals surface area contributed by atoms with Crippen LogP contribution < -0.4 is 10.6 Å². The third-order valence-corrected chi connectivity index (χ3v) is 4.10. The van der Waals surface area contributed by atoms with Gasteiger partial charge in [0.2, 0.25) is 0 Å². The maximum Gasteiger partial charge on any atom is 0.407 e. The average Bonchev–Trinajstić information content (AvgIpc) is 2.47. The minimum atomic E-state index is -0.753. The number of aliphatic hydroxyl groups is 1. The van der Waals surface area contributed by atoms with E-state index in [-0.39, 0.29) is 18.7 Å². The van der Waals surface area contributed by atoms with Gasteiger partial charge in [-0.2, -0.15) is 0 Å². The lowest BCUT2D eigenvalue weighted by molar-refractivity contribution is 0.0269. The molecule has 0 radical (unpaired) electrons. The first-order chi connectivity index (χ1) is 11.3. The molecular weight excluding hydrogens is 306 g/mol. The van der Waals surface area contributed by atoms with Gasteiger partial charge in [0.1, 0.15) is 6.61 Å². The molecule has 1 atom stereocenters. The molecule has 3 N–H and O–H groups in total. The van der Waals surface area contributed by atoms with Crippen molar-refractivity contribution >= 4 is 6.09 Å². The van der Waals surface area contributed by atoms with Crippen molar-refractivity contribution < 1.29 is 14.6 Å². The molecule has 0 heterocycles. The highest BCUT2D eigenvalue weighted by atomic mass is 16.5. The molecule has 1 aliphatic carbocycles. The number of hydrogen-bond acceptors (Lipinski definition) is 5. The Bertz CT molecular complexity index is 514.